The summed E-state index contributed by atoms with van der Waals surface area (Å²) in [4.78, 5) is 23.9. The van der Waals surface area contributed by atoms with Crippen LogP contribution in [0.3, 0.4) is 0 Å². The molecule has 6 aliphatic rings. The number of hydrogen-bond acceptors (Lipinski definition) is 3. The van der Waals surface area contributed by atoms with Gasteiger partial charge in [0.1, 0.15) is 5.60 Å². The maximum Gasteiger partial charge on any atom is 0.331 e. The van der Waals surface area contributed by atoms with E-state index in [4.69, 9.17) is 4.74 Å². The fourth-order valence-electron chi connectivity index (χ4n) is 8.04. The summed E-state index contributed by atoms with van der Waals surface area (Å²) in [5.74, 6) is 3.84. The van der Waals surface area contributed by atoms with E-state index in [0.717, 1.165) is 19.3 Å². The Balaban J connectivity index is 1.44. The number of esters is 1. The molecule has 3 unspecified atom stereocenters. The lowest BCUT2D eigenvalue weighted by atomic mass is 9.49. The van der Waals surface area contributed by atoms with E-state index in [0.29, 0.717) is 47.7 Å². The van der Waals surface area contributed by atoms with Crippen LogP contribution in [0.5, 0.6) is 0 Å². The summed E-state index contributed by atoms with van der Waals surface area (Å²) in [5, 5.41) is 0. The molecular weight excluding hydrogens is 324 g/mol. The molecular formula is C23H26O3. The summed E-state index contributed by atoms with van der Waals surface area (Å²) in [7, 11) is 0. The minimum atomic E-state index is -0.328. The number of hydrogen-bond donors (Lipinski definition) is 0. The first-order chi connectivity index (χ1) is 12.6. The second-order valence-electron chi connectivity index (χ2n) is 9.48. The fourth-order valence-corrected chi connectivity index (χ4v) is 8.04. The Hall–Kier alpha value is -1.64. The Morgan fingerprint density at radius 1 is 1.19 bits per heavy atom. The highest BCUT2D eigenvalue weighted by Gasteiger charge is 2.78. The first kappa shape index (κ1) is 15.4. The normalized spacial score (nSPS) is 52.9. The zero-order chi connectivity index (χ0) is 17.7. The van der Waals surface area contributed by atoms with Gasteiger partial charge in [-0.2, -0.15) is 0 Å². The summed E-state index contributed by atoms with van der Waals surface area (Å²) in [5.41, 5.74) is 1.06. The Bertz CT molecular complexity index is 804. The van der Waals surface area contributed by atoms with Crippen molar-refractivity contribution < 1.29 is 14.3 Å². The summed E-state index contributed by atoms with van der Waals surface area (Å²) < 4.78 is 6.10. The van der Waals surface area contributed by atoms with Crippen LogP contribution in [-0.4, -0.2) is 17.4 Å². The lowest BCUT2D eigenvalue weighted by Gasteiger charge is -2.56. The lowest BCUT2D eigenvalue weighted by Crippen LogP contribution is -2.55. The van der Waals surface area contributed by atoms with Crippen LogP contribution >= 0.6 is 0 Å². The average Bonchev–Trinajstić information content (AvgIpc) is 3.29. The van der Waals surface area contributed by atoms with Gasteiger partial charge >= 0.3 is 5.97 Å². The van der Waals surface area contributed by atoms with Gasteiger partial charge in [0.15, 0.2) is 5.78 Å². The quantitative estimate of drug-likeness (QED) is 0.671. The number of rotatable bonds is 1. The molecule has 8 atom stereocenters. The van der Waals surface area contributed by atoms with Gasteiger partial charge in [-0.1, -0.05) is 19.1 Å². The van der Waals surface area contributed by atoms with E-state index in [1.807, 2.05) is 6.08 Å². The number of carbonyl (C=O) groups is 2. The van der Waals surface area contributed by atoms with E-state index >= 15 is 0 Å². The molecule has 1 heterocycles. The van der Waals surface area contributed by atoms with Gasteiger partial charge in [-0.05, 0) is 79.4 Å². The smallest absolute Gasteiger partial charge is 0.331 e. The molecule has 1 spiro atoms. The SMILES string of the molecule is CC[C@]12CCC3C(C=CC4=CC(=O)CC[C@@H]43)C1[C@@H]1C[C@@H]1[C@@]21C=CC(=O)O1. The predicted octanol–water partition coefficient (Wildman–Crippen LogP) is 4.00. The standard InChI is InChI=1S/C23H26O3/c1-2-22-9-7-16-15-6-4-14(24)11-13(15)3-5-17(16)21(22)18-12-19(18)23(22)10-8-20(25)26-23/h3,5,8,10-11,15-19,21H,2,4,6-7,9,12H2,1H3/t15-,16?,17?,18+,19-,21?,22-,23-/m0/s1. The van der Waals surface area contributed by atoms with E-state index in [2.05, 4.69) is 25.2 Å². The third-order valence-electron chi connectivity index (χ3n) is 8.95. The largest absolute Gasteiger partial charge is 0.451 e. The first-order valence-electron chi connectivity index (χ1n) is 10.4. The molecule has 6 rings (SSSR count). The first-order valence-corrected chi connectivity index (χ1v) is 10.4. The van der Waals surface area contributed by atoms with Crippen molar-refractivity contribution in [3.63, 3.8) is 0 Å². The van der Waals surface area contributed by atoms with Gasteiger partial charge in [0.25, 0.3) is 0 Å². The molecule has 136 valence electrons. The number of ketones is 1. The van der Waals surface area contributed by atoms with Crippen LogP contribution in [0.25, 0.3) is 0 Å². The van der Waals surface area contributed by atoms with Crippen molar-refractivity contribution in [1.82, 2.24) is 0 Å². The zero-order valence-corrected chi connectivity index (χ0v) is 15.3. The molecule has 3 fully saturated rings. The van der Waals surface area contributed by atoms with Crippen molar-refractivity contribution in [2.24, 2.45) is 40.9 Å². The van der Waals surface area contributed by atoms with E-state index in [-0.39, 0.29) is 17.0 Å². The Morgan fingerprint density at radius 3 is 2.85 bits per heavy atom. The van der Waals surface area contributed by atoms with Crippen molar-refractivity contribution in [3.8, 4) is 0 Å². The maximum atomic E-state index is 12.0. The molecule has 3 heteroatoms. The van der Waals surface area contributed by atoms with Crippen LogP contribution in [0, 0.1) is 40.9 Å². The molecule has 0 aromatic heterocycles. The van der Waals surface area contributed by atoms with Gasteiger partial charge in [0, 0.05) is 23.8 Å². The van der Waals surface area contributed by atoms with Crippen molar-refractivity contribution in [3.05, 3.63) is 36.0 Å². The summed E-state index contributed by atoms with van der Waals surface area (Å²) >= 11 is 0. The van der Waals surface area contributed by atoms with E-state index in [1.165, 1.54) is 18.4 Å². The topological polar surface area (TPSA) is 43.4 Å². The van der Waals surface area contributed by atoms with Gasteiger partial charge in [-0.15, -0.1) is 0 Å². The van der Waals surface area contributed by atoms with Crippen LogP contribution in [0.4, 0.5) is 0 Å². The minimum absolute atomic E-state index is 0.112. The Morgan fingerprint density at radius 2 is 2.08 bits per heavy atom. The number of carbonyl (C=O) groups excluding carboxylic acids is 2. The molecule has 0 N–H and O–H groups in total. The van der Waals surface area contributed by atoms with E-state index in [1.54, 1.807) is 6.08 Å². The van der Waals surface area contributed by atoms with E-state index < -0.39 is 0 Å². The lowest BCUT2D eigenvalue weighted by molar-refractivity contribution is -0.169. The van der Waals surface area contributed by atoms with Crippen molar-refractivity contribution >= 4 is 11.8 Å². The molecule has 5 aliphatic carbocycles. The van der Waals surface area contributed by atoms with E-state index in [9.17, 15) is 9.59 Å². The molecule has 0 radical (unpaired) electrons. The third kappa shape index (κ3) is 1.62. The van der Waals surface area contributed by atoms with Crippen molar-refractivity contribution in [2.45, 2.75) is 51.0 Å². The predicted molar refractivity (Wildman–Crippen MR) is 96.9 cm³/mol. The Labute approximate surface area is 154 Å². The van der Waals surface area contributed by atoms with Gasteiger partial charge in [0.05, 0.1) is 0 Å². The van der Waals surface area contributed by atoms with Crippen LogP contribution in [0.15, 0.2) is 36.0 Å². The summed E-state index contributed by atoms with van der Waals surface area (Å²) in [6.07, 6.45) is 16.8. The van der Waals surface area contributed by atoms with Crippen LogP contribution in [-0.2, 0) is 14.3 Å². The minimum Gasteiger partial charge on any atom is -0.451 e. The molecule has 3 nitrogen and oxygen atoms in total. The molecule has 0 saturated heterocycles. The molecule has 3 saturated carbocycles. The second-order valence-corrected chi connectivity index (χ2v) is 9.48. The average molecular weight is 350 g/mol. The molecule has 1 aliphatic heterocycles. The zero-order valence-electron chi connectivity index (χ0n) is 15.3. The van der Waals surface area contributed by atoms with Crippen molar-refractivity contribution in [1.29, 1.82) is 0 Å². The van der Waals surface area contributed by atoms with Crippen LogP contribution in [0.2, 0.25) is 0 Å². The highest BCUT2D eigenvalue weighted by molar-refractivity contribution is 5.92. The van der Waals surface area contributed by atoms with Gasteiger partial charge < -0.3 is 4.74 Å². The molecule has 0 bridgehead atoms. The number of fused-ring (bicyclic) bond motifs is 9. The monoisotopic (exact) mass is 350 g/mol. The van der Waals surface area contributed by atoms with Crippen LogP contribution < -0.4 is 0 Å². The Kier molecular flexibility index (Phi) is 2.84. The van der Waals surface area contributed by atoms with Gasteiger partial charge in [-0.3, -0.25) is 4.79 Å². The molecule has 26 heavy (non-hydrogen) atoms. The highest BCUT2D eigenvalue weighted by Crippen LogP contribution is 2.78. The molecule has 0 aromatic carbocycles. The third-order valence-corrected chi connectivity index (χ3v) is 8.95. The fraction of sp³-hybridized carbons (Fsp3) is 0.652. The number of allylic oxidation sites excluding steroid dienone is 4. The maximum absolute atomic E-state index is 12.0. The highest BCUT2D eigenvalue weighted by atomic mass is 16.6. The molecule has 0 aromatic rings. The number of ether oxygens (including phenoxy) is 1. The van der Waals surface area contributed by atoms with Crippen LogP contribution in [0.1, 0.15) is 45.4 Å². The van der Waals surface area contributed by atoms with Crippen molar-refractivity contribution in [2.75, 3.05) is 0 Å². The summed E-state index contributed by atoms with van der Waals surface area (Å²) in [6, 6.07) is 0. The second kappa shape index (κ2) is 4.79. The van der Waals surface area contributed by atoms with Gasteiger partial charge in [-0.25, -0.2) is 4.79 Å². The molecule has 0 amide bonds. The summed E-state index contributed by atoms with van der Waals surface area (Å²) in [6.45, 7) is 2.30. The van der Waals surface area contributed by atoms with Gasteiger partial charge in [0.2, 0.25) is 0 Å².